The average molecular weight is 594 g/mol. The SMILES string of the molecule is C[C@H]1CCN(C[C@@H]2c3c(OCc4nnn(C)c4C(F)F)ccc(Cl)c3CCN2C(=O)C2CCCC2(C)C(=O)O)C1=O. The summed E-state index contributed by atoms with van der Waals surface area (Å²) >= 11 is 6.63. The van der Waals surface area contributed by atoms with Crippen LogP contribution in [0.4, 0.5) is 8.78 Å². The molecule has 2 fully saturated rings. The number of aryl methyl sites for hydroxylation is 1. The third kappa shape index (κ3) is 5.15. The second-order valence-electron chi connectivity index (χ2n) is 11.5. The predicted octanol–water partition coefficient (Wildman–Crippen LogP) is 4.17. The third-order valence-corrected chi connectivity index (χ3v) is 9.43. The molecule has 3 aliphatic rings. The van der Waals surface area contributed by atoms with Crippen molar-refractivity contribution in [2.45, 2.75) is 65.0 Å². The Morgan fingerprint density at radius 1 is 1.27 bits per heavy atom. The minimum Gasteiger partial charge on any atom is -0.487 e. The summed E-state index contributed by atoms with van der Waals surface area (Å²) in [5.74, 6) is -1.82. The summed E-state index contributed by atoms with van der Waals surface area (Å²) in [5, 5.41) is 18.0. The first-order chi connectivity index (χ1) is 19.4. The van der Waals surface area contributed by atoms with E-state index in [-0.39, 0.29) is 42.3 Å². The number of ether oxygens (including phenoxy) is 1. The lowest BCUT2D eigenvalue weighted by atomic mass is 9.78. The van der Waals surface area contributed by atoms with Crippen molar-refractivity contribution in [1.29, 1.82) is 0 Å². The predicted molar refractivity (Wildman–Crippen MR) is 143 cm³/mol. The van der Waals surface area contributed by atoms with Crippen molar-refractivity contribution in [2.75, 3.05) is 19.6 Å². The summed E-state index contributed by atoms with van der Waals surface area (Å²) in [6.07, 6.45) is -0.233. The lowest BCUT2D eigenvalue weighted by Crippen LogP contribution is -2.50. The number of nitrogens with zero attached hydrogens (tertiary/aromatic N) is 5. The van der Waals surface area contributed by atoms with Gasteiger partial charge in [0.15, 0.2) is 0 Å². The van der Waals surface area contributed by atoms with Gasteiger partial charge in [-0.25, -0.2) is 13.5 Å². The van der Waals surface area contributed by atoms with Gasteiger partial charge >= 0.3 is 5.97 Å². The average Bonchev–Trinajstić information content (AvgIpc) is 3.61. The summed E-state index contributed by atoms with van der Waals surface area (Å²) in [4.78, 5) is 42.7. The maximum absolute atomic E-state index is 14.1. The number of likely N-dealkylation sites (tertiary alicyclic amines) is 1. The maximum Gasteiger partial charge on any atom is 0.310 e. The number of benzene rings is 1. The fourth-order valence-corrected chi connectivity index (χ4v) is 6.85. The van der Waals surface area contributed by atoms with Crippen LogP contribution < -0.4 is 4.74 Å². The number of carboxylic acid groups (broad SMARTS) is 1. The molecule has 0 radical (unpaired) electrons. The van der Waals surface area contributed by atoms with Crippen LogP contribution in [0, 0.1) is 17.3 Å². The van der Waals surface area contributed by atoms with Gasteiger partial charge in [-0.05, 0) is 50.3 Å². The number of aromatic nitrogens is 3. The van der Waals surface area contributed by atoms with E-state index in [2.05, 4.69) is 10.3 Å². The smallest absolute Gasteiger partial charge is 0.310 e. The largest absolute Gasteiger partial charge is 0.487 e. The first kappa shape index (κ1) is 29.2. The van der Waals surface area contributed by atoms with Gasteiger partial charge in [0.2, 0.25) is 11.8 Å². The van der Waals surface area contributed by atoms with Crippen LogP contribution in [0.3, 0.4) is 0 Å². The number of alkyl halides is 2. The van der Waals surface area contributed by atoms with Gasteiger partial charge in [0, 0.05) is 43.2 Å². The van der Waals surface area contributed by atoms with Gasteiger partial charge < -0.3 is 19.6 Å². The van der Waals surface area contributed by atoms with E-state index in [4.69, 9.17) is 16.3 Å². The molecule has 2 aromatic rings. The Morgan fingerprint density at radius 3 is 2.68 bits per heavy atom. The molecule has 0 spiro atoms. The zero-order chi connectivity index (χ0) is 29.6. The minimum absolute atomic E-state index is 0.0155. The van der Waals surface area contributed by atoms with Crippen LogP contribution in [0.2, 0.25) is 5.02 Å². The molecule has 3 heterocycles. The van der Waals surface area contributed by atoms with Crippen molar-refractivity contribution in [1.82, 2.24) is 24.8 Å². The minimum atomic E-state index is -2.80. The highest BCUT2D eigenvalue weighted by Gasteiger charge is 2.51. The number of carbonyl (C=O) groups excluding carboxylic acids is 2. The van der Waals surface area contributed by atoms with Crippen molar-refractivity contribution in [3.8, 4) is 5.75 Å². The van der Waals surface area contributed by atoms with Crippen molar-refractivity contribution < 1.29 is 33.0 Å². The monoisotopic (exact) mass is 593 g/mol. The number of fused-ring (bicyclic) bond motifs is 1. The van der Waals surface area contributed by atoms with E-state index in [1.807, 2.05) is 6.92 Å². The van der Waals surface area contributed by atoms with Crippen LogP contribution >= 0.6 is 11.6 Å². The Bertz CT molecular complexity index is 1370. The Morgan fingerprint density at radius 2 is 2.02 bits per heavy atom. The standard InChI is InChI=1S/C28H34ClF2N5O5/c1-15-8-11-35(25(15)37)13-20-22-16(9-12-36(20)26(38)17-5-4-10-28(17,2)27(39)40)18(29)6-7-21(22)41-14-19-23(24(30)31)34(3)33-32-19/h6-7,15,17,20,24H,4-5,8-14H2,1-3H3,(H,39,40)/t15-,17?,20+,28?/m0/s1. The molecule has 13 heteroatoms. The second-order valence-corrected chi connectivity index (χ2v) is 11.9. The normalized spacial score (nSPS) is 26.1. The molecule has 2 aliphatic heterocycles. The van der Waals surface area contributed by atoms with Gasteiger partial charge in [-0.1, -0.05) is 30.2 Å². The van der Waals surface area contributed by atoms with Gasteiger partial charge in [0.25, 0.3) is 6.43 Å². The van der Waals surface area contributed by atoms with E-state index >= 15 is 0 Å². The molecule has 1 saturated heterocycles. The van der Waals surface area contributed by atoms with Crippen LogP contribution in [0.25, 0.3) is 0 Å². The highest BCUT2D eigenvalue weighted by atomic mass is 35.5. The summed E-state index contributed by atoms with van der Waals surface area (Å²) < 4.78 is 34.4. The maximum atomic E-state index is 14.1. The molecule has 1 N–H and O–H groups in total. The first-order valence-corrected chi connectivity index (χ1v) is 14.2. The molecule has 1 aromatic carbocycles. The lowest BCUT2D eigenvalue weighted by molar-refractivity contribution is -0.158. The Balaban J connectivity index is 1.54. The summed E-state index contributed by atoms with van der Waals surface area (Å²) in [6, 6.07) is 2.63. The number of hydrogen-bond donors (Lipinski definition) is 1. The molecule has 0 bridgehead atoms. The summed E-state index contributed by atoms with van der Waals surface area (Å²) in [5.41, 5.74) is -0.212. The molecule has 1 saturated carbocycles. The van der Waals surface area contributed by atoms with E-state index in [0.29, 0.717) is 61.5 Å². The molecule has 4 atom stereocenters. The van der Waals surface area contributed by atoms with Gasteiger partial charge in [-0.2, -0.15) is 0 Å². The van der Waals surface area contributed by atoms with Crippen molar-refractivity contribution >= 4 is 29.4 Å². The fraction of sp³-hybridized carbons (Fsp3) is 0.607. The second kappa shape index (κ2) is 11.2. The molecule has 41 heavy (non-hydrogen) atoms. The highest BCUT2D eigenvalue weighted by Crippen LogP contribution is 2.47. The molecule has 5 rings (SSSR count). The van der Waals surface area contributed by atoms with Crippen molar-refractivity contribution in [3.63, 3.8) is 0 Å². The first-order valence-electron chi connectivity index (χ1n) is 13.9. The quantitative estimate of drug-likeness (QED) is 0.488. The van der Waals surface area contributed by atoms with E-state index in [1.54, 1.807) is 28.9 Å². The summed E-state index contributed by atoms with van der Waals surface area (Å²) in [7, 11) is 1.38. The Labute approximate surface area is 241 Å². The van der Waals surface area contributed by atoms with Crippen LogP contribution in [-0.2, 0) is 34.5 Å². The highest BCUT2D eigenvalue weighted by molar-refractivity contribution is 6.31. The fourth-order valence-electron chi connectivity index (χ4n) is 6.59. The lowest BCUT2D eigenvalue weighted by Gasteiger charge is -2.42. The van der Waals surface area contributed by atoms with Crippen LogP contribution in [0.15, 0.2) is 12.1 Å². The van der Waals surface area contributed by atoms with Crippen molar-refractivity contribution in [3.05, 3.63) is 39.7 Å². The van der Waals surface area contributed by atoms with E-state index < -0.39 is 29.8 Å². The van der Waals surface area contributed by atoms with Crippen LogP contribution in [0.1, 0.15) is 74.5 Å². The topological polar surface area (TPSA) is 118 Å². The number of halogens is 3. The van der Waals surface area contributed by atoms with Crippen molar-refractivity contribution in [2.24, 2.45) is 24.3 Å². The van der Waals surface area contributed by atoms with Crippen LogP contribution in [0.5, 0.6) is 5.75 Å². The van der Waals surface area contributed by atoms with E-state index in [9.17, 15) is 28.3 Å². The molecule has 10 nitrogen and oxygen atoms in total. The number of carboxylic acids is 1. The number of amides is 2. The molecule has 1 aliphatic carbocycles. The van der Waals surface area contributed by atoms with E-state index in [0.717, 1.165) is 10.2 Å². The van der Waals surface area contributed by atoms with Gasteiger partial charge in [-0.15, -0.1) is 5.10 Å². The molecule has 2 amide bonds. The molecular weight excluding hydrogens is 560 g/mol. The van der Waals surface area contributed by atoms with E-state index in [1.165, 1.54) is 7.05 Å². The van der Waals surface area contributed by atoms with Crippen LogP contribution in [-0.4, -0.2) is 67.3 Å². The summed E-state index contributed by atoms with van der Waals surface area (Å²) in [6.45, 7) is 4.20. The van der Waals surface area contributed by atoms with Gasteiger partial charge in [0.1, 0.15) is 23.7 Å². The number of hydrogen-bond acceptors (Lipinski definition) is 6. The Kier molecular flexibility index (Phi) is 7.97. The number of aliphatic carboxylic acids is 1. The zero-order valence-electron chi connectivity index (χ0n) is 23.3. The number of carbonyl (C=O) groups is 3. The zero-order valence-corrected chi connectivity index (χ0v) is 24.0. The Hall–Kier alpha value is -3.28. The van der Waals surface area contributed by atoms with Gasteiger partial charge in [-0.3, -0.25) is 14.4 Å². The molecular formula is C28H34ClF2N5O5. The third-order valence-electron chi connectivity index (χ3n) is 9.07. The number of rotatable bonds is 8. The molecule has 1 aromatic heterocycles. The van der Waals surface area contributed by atoms with Gasteiger partial charge in [0.05, 0.1) is 17.4 Å². The molecule has 222 valence electrons. The molecule has 2 unspecified atom stereocenters.